The van der Waals surface area contributed by atoms with Crippen molar-refractivity contribution in [1.82, 2.24) is 0 Å². The van der Waals surface area contributed by atoms with Gasteiger partial charge in [0.25, 0.3) is 0 Å². The molecule has 0 aromatic heterocycles. The second kappa shape index (κ2) is 3.98. The van der Waals surface area contributed by atoms with Crippen LogP contribution in [0, 0.1) is 0 Å². The number of sulfonamides is 1. The van der Waals surface area contributed by atoms with Crippen LogP contribution in [-0.2, 0) is 16.4 Å². The van der Waals surface area contributed by atoms with Crippen LogP contribution in [0.3, 0.4) is 0 Å². The van der Waals surface area contributed by atoms with Gasteiger partial charge in [0, 0.05) is 5.56 Å². The van der Waals surface area contributed by atoms with Crippen molar-refractivity contribution in [1.29, 1.82) is 0 Å². The number of nitrogens with two attached hydrogens (primary N) is 1. The summed E-state index contributed by atoms with van der Waals surface area (Å²) in [6.45, 7) is 1.85. The minimum absolute atomic E-state index is 0.138. The highest BCUT2D eigenvalue weighted by Gasteiger charge is 2.15. The largest absolute Gasteiger partial charge is 0.496 e. The zero-order valence-electron chi connectivity index (χ0n) is 8.15. The SMILES string of the molecule is CCc1c(OC)cccc1S(N)(=O)=O. The molecule has 0 radical (unpaired) electrons. The van der Waals surface area contributed by atoms with Gasteiger partial charge in [-0.25, -0.2) is 13.6 Å². The number of rotatable bonds is 3. The summed E-state index contributed by atoms with van der Waals surface area (Å²) < 4.78 is 27.5. The van der Waals surface area contributed by atoms with E-state index in [-0.39, 0.29) is 4.90 Å². The number of benzene rings is 1. The van der Waals surface area contributed by atoms with Gasteiger partial charge in [-0.05, 0) is 18.6 Å². The normalized spacial score (nSPS) is 11.4. The van der Waals surface area contributed by atoms with E-state index < -0.39 is 10.0 Å². The van der Waals surface area contributed by atoms with Crippen LogP contribution in [0.4, 0.5) is 0 Å². The van der Waals surface area contributed by atoms with E-state index in [0.717, 1.165) is 0 Å². The monoisotopic (exact) mass is 215 g/mol. The lowest BCUT2D eigenvalue weighted by Crippen LogP contribution is -2.14. The van der Waals surface area contributed by atoms with Crippen LogP contribution in [0.25, 0.3) is 0 Å². The first kappa shape index (κ1) is 11.0. The number of hydrogen-bond acceptors (Lipinski definition) is 3. The van der Waals surface area contributed by atoms with Crippen molar-refractivity contribution in [2.75, 3.05) is 7.11 Å². The van der Waals surface area contributed by atoms with Crippen LogP contribution in [0.15, 0.2) is 23.1 Å². The van der Waals surface area contributed by atoms with Gasteiger partial charge in [0.1, 0.15) is 5.75 Å². The average Bonchev–Trinajstić information content (AvgIpc) is 2.15. The summed E-state index contributed by atoms with van der Waals surface area (Å²) in [5.41, 5.74) is 0.623. The van der Waals surface area contributed by atoms with E-state index in [4.69, 9.17) is 9.88 Å². The predicted molar refractivity (Wildman–Crippen MR) is 53.7 cm³/mol. The summed E-state index contributed by atoms with van der Waals surface area (Å²) in [6, 6.07) is 4.81. The third-order valence-electron chi connectivity index (χ3n) is 1.97. The zero-order chi connectivity index (χ0) is 10.8. The Labute approximate surface area is 83.7 Å². The van der Waals surface area contributed by atoms with Crippen molar-refractivity contribution in [2.24, 2.45) is 5.14 Å². The molecule has 0 heterocycles. The highest BCUT2D eigenvalue weighted by atomic mass is 32.2. The fraction of sp³-hybridized carbons (Fsp3) is 0.333. The van der Waals surface area contributed by atoms with Gasteiger partial charge in [0.2, 0.25) is 10.0 Å². The van der Waals surface area contributed by atoms with Crippen molar-refractivity contribution in [3.63, 3.8) is 0 Å². The van der Waals surface area contributed by atoms with E-state index in [1.54, 1.807) is 12.1 Å². The number of hydrogen-bond donors (Lipinski definition) is 1. The molecule has 0 fully saturated rings. The van der Waals surface area contributed by atoms with Gasteiger partial charge in [-0.2, -0.15) is 0 Å². The molecule has 2 N–H and O–H groups in total. The summed E-state index contributed by atoms with van der Waals surface area (Å²) >= 11 is 0. The fourth-order valence-corrected chi connectivity index (χ4v) is 2.21. The maximum Gasteiger partial charge on any atom is 0.238 e. The van der Waals surface area contributed by atoms with E-state index >= 15 is 0 Å². The van der Waals surface area contributed by atoms with Crippen LogP contribution in [0.5, 0.6) is 5.75 Å². The van der Waals surface area contributed by atoms with Gasteiger partial charge in [-0.15, -0.1) is 0 Å². The maximum absolute atomic E-state index is 11.2. The highest BCUT2D eigenvalue weighted by Crippen LogP contribution is 2.25. The molecule has 1 aromatic rings. The Morgan fingerprint density at radius 3 is 2.50 bits per heavy atom. The van der Waals surface area contributed by atoms with Crippen molar-refractivity contribution >= 4 is 10.0 Å². The standard InChI is InChI=1S/C9H13NO3S/c1-3-7-8(13-2)5-4-6-9(7)14(10,11)12/h4-6H,3H2,1-2H3,(H2,10,11,12). The first-order valence-electron chi connectivity index (χ1n) is 4.19. The van der Waals surface area contributed by atoms with Gasteiger partial charge < -0.3 is 4.74 Å². The number of primary sulfonamides is 1. The van der Waals surface area contributed by atoms with Crippen LogP contribution < -0.4 is 9.88 Å². The molecule has 0 unspecified atom stereocenters. The van der Waals surface area contributed by atoms with Crippen LogP contribution >= 0.6 is 0 Å². The Morgan fingerprint density at radius 2 is 2.07 bits per heavy atom. The van der Waals surface area contributed by atoms with Crippen molar-refractivity contribution in [3.8, 4) is 5.75 Å². The maximum atomic E-state index is 11.2. The first-order chi connectivity index (χ1) is 6.50. The van der Waals surface area contributed by atoms with Crippen molar-refractivity contribution in [2.45, 2.75) is 18.2 Å². The topological polar surface area (TPSA) is 69.4 Å². The van der Waals surface area contributed by atoms with E-state index in [1.165, 1.54) is 13.2 Å². The van der Waals surface area contributed by atoms with Gasteiger partial charge in [0.05, 0.1) is 12.0 Å². The third-order valence-corrected chi connectivity index (χ3v) is 2.97. The van der Waals surface area contributed by atoms with E-state index in [9.17, 15) is 8.42 Å². The van der Waals surface area contributed by atoms with Gasteiger partial charge in [-0.1, -0.05) is 13.0 Å². The molecule has 0 saturated heterocycles. The molecule has 0 aliphatic heterocycles. The molecule has 0 amide bonds. The second-order valence-corrected chi connectivity index (χ2v) is 4.37. The Morgan fingerprint density at radius 1 is 1.43 bits per heavy atom. The smallest absolute Gasteiger partial charge is 0.238 e. The van der Waals surface area contributed by atoms with E-state index in [2.05, 4.69) is 0 Å². The molecule has 1 aromatic carbocycles. The Hall–Kier alpha value is -1.07. The molecule has 78 valence electrons. The average molecular weight is 215 g/mol. The van der Waals surface area contributed by atoms with Gasteiger partial charge in [0.15, 0.2) is 0 Å². The lowest BCUT2D eigenvalue weighted by Gasteiger charge is -2.10. The zero-order valence-corrected chi connectivity index (χ0v) is 8.97. The molecule has 14 heavy (non-hydrogen) atoms. The van der Waals surface area contributed by atoms with Gasteiger partial charge >= 0.3 is 0 Å². The lowest BCUT2D eigenvalue weighted by molar-refractivity contribution is 0.408. The lowest BCUT2D eigenvalue weighted by atomic mass is 10.1. The molecular formula is C9H13NO3S. The predicted octanol–water partition coefficient (Wildman–Crippen LogP) is 0.905. The second-order valence-electron chi connectivity index (χ2n) is 2.84. The minimum atomic E-state index is -3.66. The fourth-order valence-electron chi connectivity index (χ4n) is 1.35. The highest BCUT2D eigenvalue weighted by molar-refractivity contribution is 7.89. The van der Waals surface area contributed by atoms with Crippen LogP contribution in [0.2, 0.25) is 0 Å². The van der Waals surface area contributed by atoms with E-state index in [1.807, 2.05) is 6.92 Å². The summed E-state index contributed by atoms with van der Waals surface area (Å²) in [6.07, 6.45) is 0.565. The molecule has 0 aliphatic carbocycles. The molecule has 0 aliphatic rings. The molecular weight excluding hydrogens is 202 g/mol. The van der Waals surface area contributed by atoms with Crippen molar-refractivity contribution in [3.05, 3.63) is 23.8 Å². The molecule has 0 spiro atoms. The molecule has 0 bridgehead atoms. The summed E-state index contributed by atoms with van der Waals surface area (Å²) in [7, 11) is -2.16. The Bertz CT molecular complexity index is 426. The number of ether oxygens (including phenoxy) is 1. The van der Waals surface area contributed by atoms with Crippen molar-refractivity contribution < 1.29 is 13.2 Å². The third kappa shape index (κ3) is 2.05. The first-order valence-corrected chi connectivity index (χ1v) is 5.74. The molecule has 0 saturated carbocycles. The van der Waals surface area contributed by atoms with Crippen LogP contribution in [0.1, 0.15) is 12.5 Å². The molecule has 1 rings (SSSR count). The molecule has 5 heteroatoms. The summed E-state index contributed by atoms with van der Waals surface area (Å²) in [5, 5.41) is 5.07. The Kier molecular flexibility index (Phi) is 3.13. The Balaban J connectivity index is 3.45. The minimum Gasteiger partial charge on any atom is -0.496 e. The van der Waals surface area contributed by atoms with Gasteiger partial charge in [-0.3, -0.25) is 0 Å². The molecule has 0 atom stereocenters. The van der Waals surface area contributed by atoms with E-state index in [0.29, 0.717) is 17.7 Å². The quantitative estimate of drug-likeness (QED) is 0.814. The number of methoxy groups -OCH3 is 1. The van der Waals surface area contributed by atoms with Crippen LogP contribution in [-0.4, -0.2) is 15.5 Å². The molecule has 4 nitrogen and oxygen atoms in total. The summed E-state index contributed by atoms with van der Waals surface area (Å²) in [5.74, 6) is 0.555. The summed E-state index contributed by atoms with van der Waals surface area (Å²) in [4.78, 5) is 0.138.